The first kappa shape index (κ1) is 16.0. The standard InChI is InChI=1S/C15H20BrN3O2/c1-3-4-5-13(15(20)21)17-7-12-8-18-14-10(2)6-11(16)9-19(12)14/h6,8-9,13,17H,3-5,7H2,1-2H3,(H,20,21). The largest absolute Gasteiger partial charge is 0.480 e. The van der Waals surface area contributed by atoms with Crippen LogP contribution in [0, 0.1) is 6.92 Å². The fourth-order valence-corrected chi connectivity index (χ4v) is 2.89. The Hall–Kier alpha value is -1.40. The van der Waals surface area contributed by atoms with Gasteiger partial charge in [0.1, 0.15) is 11.7 Å². The van der Waals surface area contributed by atoms with Crippen LogP contribution in [0.25, 0.3) is 5.65 Å². The predicted octanol–water partition coefficient (Wildman–Crippen LogP) is 3.14. The Morgan fingerprint density at radius 2 is 2.33 bits per heavy atom. The summed E-state index contributed by atoms with van der Waals surface area (Å²) in [4.78, 5) is 15.6. The van der Waals surface area contributed by atoms with Gasteiger partial charge in [-0.3, -0.25) is 10.1 Å². The molecule has 1 atom stereocenters. The number of unbranched alkanes of at least 4 members (excludes halogenated alkanes) is 1. The number of carboxylic acids is 1. The second-order valence-corrected chi connectivity index (χ2v) is 6.11. The van der Waals surface area contributed by atoms with E-state index in [-0.39, 0.29) is 0 Å². The fraction of sp³-hybridized carbons (Fsp3) is 0.467. The molecule has 0 saturated heterocycles. The number of rotatable bonds is 7. The number of hydrogen-bond acceptors (Lipinski definition) is 3. The van der Waals surface area contributed by atoms with Gasteiger partial charge in [-0.25, -0.2) is 4.98 Å². The molecule has 114 valence electrons. The zero-order valence-electron chi connectivity index (χ0n) is 12.3. The SMILES string of the molecule is CCCCC(NCc1cnc2c(C)cc(Br)cn12)C(=O)O. The van der Waals surface area contributed by atoms with Gasteiger partial charge in [0, 0.05) is 17.2 Å². The number of hydrogen-bond donors (Lipinski definition) is 2. The van der Waals surface area contributed by atoms with E-state index in [2.05, 4.69) is 33.2 Å². The van der Waals surface area contributed by atoms with E-state index in [1.54, 1.807) is 6.20 Å². The Balaban J connectivity index is 2.14. The molecule has 2 N–H and O–H groups in total. The Morgan fingerprint density at radius 3 is 3.00 bits per heavy atom. The summed E-state index contributed by atoms with van der Waals surface area (Å²) in [6.07, 6.45) is 6.29. The van der Waals surface area contributed by atoms with Gasteiger partial charge in [-0.15, -0.1) is 0 Å². The van der Waals surface area contributed by atoms with Crippen molar-refractivity contribution in [3.63, 3.8) is 0 Å². The fourth-order valence-electron chi connectivity index (χ4n) is 2.34. The highest BCUT2D eigenvalue weighted by molar-refractivity contribution is 9.10. The van der Waals surface area contributed by atoms with Gasteiger partial charge in [0.05, 0.1) is 11.9 Å². The molecule has 2 aromatic rings. The summed E-state index contributed by atoms with van der Waals surface area (Å²) in [5.41, 5.74) is 2.93. The third kappa shape index (κ3) is 3.83. The van der Waals surface area contributed by atoms with E-state index < -0.39 is 12.0 Å². The molecule has 0 radical (unpaired) electrons. The molecule has 0 aliphatic heterocycles. The maximum Gasteiger partial charge on any atom is 0.320 e. The molecule has 21 heavy (non-hydrogen) atoms. The van der Waals surface area contributed by atoms with Crippen molar-refractivity contribution in [1.29, 1.82) is 0 Å². The lowest BCUT2D eigenvalue weighted by atomic mass is 10.1. The molecule has 2 heterocycles. The van der Waals surface area contributed by atoms with Crippen LogP contribution in [0.1, 0.15) is 37.4 Å². The van der Waals surface area contributed by atoms with Gasteiger partial charge >= 0.3 is 5.97 Å². The number of aromatic nitrogens is 2. The summed E-state index contributed by atoms with van der Waals surface area (Å²) in [6, 6.07) is 1.50. The topological polar surface area (TPSA) is 66.6 Å². The van der Waals surface area contributed by atoms with Gasteiger partial charge in [-0.2, -0.15) is 0 Å². The molecule has 0 aromatic carbocycles. The molecular weight excluding hydrogens is 334 g/mol. The molecular formula is C15H20BrN3O2. The smallest absolute Gasteiger partial charge is 0.320 e. The number of nitrogens with zero attached hydrogens (tertiary/aromatic N) is 2. The van der Waals surface area contributed by atoms with Crippen molar-refractivity contribution >= 4 is 27.5 Å². The molecule has 0 spiro atoms. The average Bonchev–Trinajstić information content (AvgIpc) is 2.82. The van der Waals surface area contributed by atoms with E-state index in [1.807, 2.05) is 23.6 Å². The molecule has 6 heteroatoms. The van der Waals surface area contributed by atoms with Crippen LogP contribution in [0.2, 0.25) is 0 Å². The lowest BCUT2D eigenvalue weighted by Gasteiger charge is -2.14. The molecule has 0 amide bonds. The second kappa shape index (κ2) is 7.04. The van der Waals surface area contributed by atoms with Gasteiger partial charge in [-0.05, 0) is 40.9 Å². The third-order valence-electron chi connectivity index (χ3n) is 3.51. The molecule has 2 aromatic heterocycles. The van der Waals surface area contributed by atoms with Crippen LogP contribution in [0.4, 0.5) is 0 Å². The molecule has 0 bridgehead atoms. The summed E-state index contributed by atoms with van der Waals surface area (Å²) in [5.74, 6) is -0.797. The number of carbonyl (C=O) groups is 1. The van der Waals surface area contributed by atoms with Gasteiger partial charge < -0.3 is 9.51 Å². The molecule has 0 saturated carbocycles. The van der Waals surface area contributed by atoms with Crippen LogP contribution in [0.5, 0.6) is 0 Å². The molecule has 0 aliphatic carbocycles. The molecule has 0 aliphatic rings. The number of aryl methyl sites for hydroxylation is 1. The highest BCUT2D eigenvalue weighted by atomic mass is 79.9. The number of aliphatic carboxylic acids is 1. The monoisotopic (exact) mass is 353 g/mol. The zero-order chi connectivity index (χ0) is 15.4. The van der Waals surface area contributed by atoms with Crippen molar-refractivity contribution in [2.45, 2.75) is 45.7 Å². The van der Waals surface area contributed by atoms with E-state index in [0.717, 1.165) is 34.2 Å². The second-order valence-electron chi connectivity index (χ2n) is 5.20. The Labute approximate surface area is 132 Å². The van der Waals surface area contributed by atoms with Crippen molar-refractivity contribution in [2.75, 3.05) is 0 Å². The maximum atomic E-state index is 11.2. The maximum absolute atomic E-state index is 11.2. The average molecular weight is 354 g/mol. The lowest BCUT2D eigenvalue weighted by molar-refractivity contribution is -0.139. The first-order chi connectivity index (χ1) is 10.0. The van der Waals surface area contributed by atoms with Crippen LogP contribution in [0.3, 0.4) is 0 Å². The van der Waals surface area contributed by atoms with Crippen LogP contribution >= 0.6 is 15.9 Å². The summed E-state index contributed by atoms with van der Waals surface area (Å²) < 4.78 is 2.97. The van der Waals surface area contributed by atoms with E-state index >= 15 is 0 Å². The van der Waals surface area contributed by atoms with E-state index in [9.17, 15) is 9.90 Å². The molecule has 0 fully saturated rings. The normalized spacial score (nSPS) is 12.7. The first-order valence-electron chi connectivity index (χ1n) is 7.11. The van der Waals surface area contributed by atoms with Crippen molar-refractivity contribution < 1.29 is 9.90 Å². The number of pyridine rings is 1. The third-order valence-corrected chi connectivity index (χ3v) is 3.94. The van der Waals surface area contributed by atoms with E-state index in [0.29, 0.717) is 13.0 Å². The van der Waals surface area contributed by atoms with Crippen LogP contribution < -0.4 is 5.32 Å². The van der Waals surface area contributed by atoms with Gasteiger partial charge in [0.25, 0.3) is 0 Å². The predicted molar refractivity (Wildman–Crippen MR) is 85.4 cm³/mol. The highest BCUT2D eigenvalue weighted by Crippen LogP contribution is 2.18. The van der Waals surface area contributed by atoms with E-state index in [1.165, 1.54) is 0 Å². The highest BCUT2D eigenvalue weighted by Gasteiger charge is 2.16. The molecule has 5 nitrogen and oxygen atoms in total. The zero-order valence-corrected chi connectivity index (χ0v) is 13.9. The van der Waals surface area contributed by atoms with Crippen molar-refractivity contribution in [3.8, 4) is 0 Å². The minimum Gasteiger partial charge on any atom is -0.480 e. The van der Waals surface area contributed by atoms with Crippen LogP contribution in [-0.2, 0) is 11.3 Å². The number of fused-ring (bicyclic) bond motifs is 1. The van der Waals surface area contributed by atoms with Crippen molar-refractivity contribution in [1.82, 2.24) is 14.7 Å². The first-order valence-corrected chi connectivity index (χ1v) is 7.90. The molecule has 2 rings (SSSR count). The molecule has 1 unspecified atom stereocenters. The van der Waals surface area contributed by atoms with Crippen molar-refractivity contribution in [3.05, 3.63) is 34.2 Å². The van der Waals surface area contributed by atoms with Crippen molar-refractivity contribution in [2.24, 2.45) is 0 Å². The minimum absolute atomic E-state index is 0.484. The van der Waals surface area contributed by atoms with Crippen LogP contribution in [-0.4, -0.2) is 26.5 Å². The Kier molecular flexibility index (Phi) is 5.36. The van der Waals surface area contributed by atoms with Gasteiger partial charge in [0.2, 0.25) is 0 Å². The van der Waals surface area contributed by atoms with Crippen LogP contribution in [0.15, 0.2) is 22.9 Å². The summed E-state index contributed by atoms with van der Waals surface area (Å²) in [6.45, 7) is 4.55. The van der Waals surface area contributed by atoms with Gasteiger partial charge in [-0.1, -0.05) is 19.8 Å². The summed E-state index contributed by atoms with van der Waals surface area (Å²) in [7, 11) is 0. The minimum atomic E-state index is -0.797. The number of nitrogens with one attached hydrogen (secondary N) is 1. The quantitative estimate of drug-likeness (QED) is 0.802. The summed E-state index contributed by atoms with van der Waals surface area (Å²) in [5, 5.41) is 12.3. The number of imidazole rings is 1. The number of carboxylic acid groups (broad SMARTS) is 1. The Bertz CT molecular complexity index is 639. The van der Waals surface area contributed by atoms with E-state index in [4.69, 9.17) is 0 Å². The lowest BCUT2D eigenvalue weighted by Crippen LogP contribution is -2.36. The Morgan fingerprint density at radius 1 is 1.57 bits per heavy atom. The number of halogens is 1. The van der Waals surface area contributed by atoms with Gasteiger partial charge in [0.15, 0.2) is 0 Å². The summed E-state index contributed by atoms with van der Waals surface area (Å²) >= 11 is 3.48.